The second-order valence-corrected chi connectivity index (χ2v) is 1.96. The topological polar surface area (TPSA) is 21.5 Å². The lowest BCUT2D eigenvalue weighted by Gasteiger charge is -1.91. The number of carbonyl (C=O) groups excluding carboxylic acids is 1. The number of quaternary nitrogens is 1. The van der Waals surface area contributed by atoms with Gasteiger partial charge in [0.05, 0.1) is 5.56 Å². The van der Waals surface area contributed by atoms with Gasteiger partial charge in [0.15, 0.2) is 0 Å². The Morgan fingerprint density at radius 3 is 2.18 bits per heavy atom. The van der Waals surface area contributed by atoms with Gasteiger partial charge in [-0.25, -0.2) is 4.79 Å². The summed E-state index contributed by atoms with van der Waals surface area (Å²) in [5, 5.41) is -2.17. The molecule has 1 N–H and O–H groups in total. The van der Waals surface area contributed by atoms with E-state index in [9.17, 15) is 13.8 Å². The summed E-state index contributed by atoms with van der Waals surface area (Å²) in [6, 6.07) is 7.43. The van der Waals surface area contributed by atoms with E-state index in [0.29, 0.717) is 0 Å². The predicted octanol–water partition coefficient (Wildman–Crippen LogP) is 0.481. The van der Waals surface area contributed by atoms with Crippen molar-refractivity contribution in [2.75, 3.05) is 0 Å². The molecular formula is C7H6F2NO+. The minimum atomic E-state index is -2.17. The van der Waals surface area contributed by atoms with Crippen LogP contribution in [0.5, 0.6) is 0 Å². The highest BCUT2D eigenvalue weighted by molar-refractivity contribution is 5.86. The van der Waals surface area contributed by atoms with Gasteiger partial charge in [-0.2, -0.15) is 0 Å². The van der Waals surface area contributed by atoms with Gasteiger partial charge >= 0.3 is 5.91 Å². The molecule has 0 bridgehead atoms. The van der Waals surface area contributed by atoms with E-state index in [1.807, 2.05) is 0 Å². The maximum absolute atomic E-state index is 11.7. The van der Waals surface area contributed by atoms with Gasteiger partial charge in [0.1, 0.15) is 5.34 Å². The molecule has 0 atom stereocenters. The first-order chi connectivity index (χ1) is 5.22. The number of nitrogens with one attached hydrogen (secondary N) is 1. The van der Waals surface area contributed by atoms with E-state index in [4.69, 9.17) is 0 Å². The quantitative estimate of drug-likeness (QED) is 0.590. The summed E-state index contributed by atoms with van der Waals surface area (Å²) in [5.41, 5.74) is 0.0208. The van der Waals surface area contributed by atoms with Gasteiger partial charge < -0.3 is 0 Å². The molecule has 1 amide bonds. The molecule has 0 aliphatic rings. The first-order valence-electron chi connectivity index (χ1n) is 2.99. The number of amides is 1. The standard InChI is InChI=1S/C7H5F2NO/c8-10(9)7(11)6-4-2-1-3-5-6/h1-5H/p+1. The van der Waals surface area contributed by atoms with Crippen molar-refractivity contribution in [3.8, 4) is 0 Å². The zero-order valence-electron chi connectivity index (χ0n) is 5.55. The summed E-state index contributed by atoms with van der Waals surface area (Å²) in [5.74, 6) is -1.20. The Bertz CT molecular complexity index is 248. The molecule has 4 heteroatoms. The maximum Gasteiger partial charge on any atom is 0.421 e. The maximum atomic E-state index is 11.7. The fourth-order valence-corrected chi connectivity index (χ4v) is 0.699. The van der Waals surface area contributed by atoms with Gasteiger partial charge in [0, 0.05) is 8.96 Å². The third-order valence-corrected chi connectivity index (χ3v) is 1.21. The first kappa shape index (κ1) is 7.81. The van der Waals surface area contributed by atoms with Gasteiger partial charge in [0.25, 0.3) is 0 Å². The number of hydrogen-bond acceptors (Lipinski definition) is 1. The lowest BCUT2D eigenvalue weighted by atomic mass is 10.2. The molecule has 1 rings (SSSR count). The second kappa shape index (κ2) is 3.21. The first-order valence-corrected chi connectivity index (χ1v) is 2.99. The summed E-state index contributed by atoms with van der Waals surface area (Å²) in [6.45, 7) is 0. The fourth-order valence-electron chi connectivity index (χ4n) is 0.699. The number of hydrogen-bond donors (Lipinski definition) is 1. The summed E-state index contributed by atoms with van der Waals surface area (Å²) in [7, 11) is 0. The molecule has 0 aliphatic carbocycles. The minimum absolute atomic E-state index is 0.0208. The van der Waals surface area contributed by atoms with Crippen LogP contribution in [-0.4, -0.2) is 5.91 Å². The van der Waals surface area contributed by atoms with E-state index in [2.05, 4.69) is 0 Å². The number of carbonyl (C=O) groups is 1. The van der Waals surface area contributed by atoms with Crippen LogP contribution in [0.1, 0.15) is 10.4 Å². The molecule has 1 aromatic carbocycles. The molecule has 0 heterocycles. The number of halogens is 2. The summed E-state index contributed by atoms with van der Waals surface area (Å²) < 4.78 is 23.4. The molecule has 0 aromatic heterocycles. The van der Waals surface area contributed by atoms with E-state index < -0.39 is 11.3 Å². The van der Waals surface area contributed by atoms with Crippen LogP contribution >= 0.6 is 0 Å². The zero-order chi connectivity index (χ0) is 8.27. The molecule has 0 radical (unpaired) electrons. The fraction of sp³-hybridized carbons (Fsp3) is 0. The second-order valence-electron chi connectivity index (χ2n) is 1.96. The molecule has 58 valence electrons. The molecule has 0 unspecified atom stereocenters. The van der Waals surface area contributed by atoms with Crippen LogP contribution in [0.15, 0.2) is 30.3 Å². The van der Waals surface area contributed by atoms with Crippen molar-refractivity contribution in [2.45, 2.75) is 0 Å². The predicted molar refractivity (Wildman–Crippen MR) is 34.0 cm³/mol. The average molecular weight is 158 g/mol. The van der Waals surface area contributed by atoms with Crippen LogP contribution in [0.4, 0.5) is 8.96 Å². The van der Waals surface area contributed by atoms with Crippen molar-refractivity contribution in [2.24, 2.45) is 0 Å². The number of benzene rings is 1. The molecule has 0 saturated carbocycles. The van der Waals surface area contributed by atoms with E-state index in [1.165, 1.54) is 24.3 Å². The van der Waals surface area contributed by atoms with E-state index >= 15 is 0 Å². The van der Waals surface area contributed by atoms with Crippen molar-refractivity contribution < 1.29 is 19.1 Å². The Kier molecular flexibility index (Phi) is 2.28. The minimum Gasteiger partial charge on any atom is -0.218 e. The van der Waals surface area contributed by atoms with Crippen molar-refractivity contribution in [3.05, 3.63) is 35.9 Å². The Balaban J connectivity index is 2.86. The van der Waals surface area contributed by atoms with Crippen molar-refractivity contribution in [3.63, 3.8) is 0 Å². The Morgan fingerprint density at radius 2 is 1.73 bits per heavy atom. The SMILES string of the molecule is O=C(c1ccccc1)[NH+](F)F. The molecular weight excluding hydrogens is 152 g/mol. The number of rotatable bonds is 1. The normalized spacial score (nSPS) is 10.1. The van der Waals surface area contributed by atoms with Crippen LogP contribution in [0.3, 0.4) is 0 Å². The third kappa shape index (κ3) is 1.81. The molecule has 0 fully saturated rings. The molecule has 0 saturated heterocycles. The van der Waals surface area contributed by atoms with Gasteiger partial charge in [-0.3, -0.25) is 0 Å². The Labute approximate surface area is 61.9 Å². The van der Waals surface area contributed by atoms with Gasteiger partial charge in [-0.05, 0) is 12.1 Å². The highest BCUT2D eigenvalue weighted by Gasteiger charge is 2.21. The van der Waals surface area contributed by atoms with Crippen LogP contribution in [0, 0.1) is 0 Å². The Morgan fingerprint density at radius 1 is 1.18 bits per heavy atom. The van der Waals surface area contributed by atoms with Crippen LogP contribution in [0.2, 0.25) is 0 Å². The smallest absolute Gasteiger partial charge is 0.218 e. The summed E-state index contributed by atoms with van der Waals surface area (Å²) in [4.78, 5) is 10.6. The van der Waals surface area contributed by atoms with E-state index in [0.717, 1.165) is 0 Å². The van der Waals surface area contributed by atoms with Crippen molar-refractivity contribution in [1.29, 1.82) is 0 Å². The van der Waals surface area contributed by atoms with Crippen molar-refractivity contribution >= 4 is 5.91 Å². The molecule has 11 heavy (non-hydrogen) atoms. The average Bonchev–Trinajstić information content (AvgIpc) is 2.05. The van der Waals surface area contributed by atoms with Gasteiger partial charge in [0.2, 0.25) is 0 Å². The largest absolute Gasteiger partial charge is 0.421 e. The van der Waals surface area contributed by atoms with Crippen LogP contribution in [0.25, 0.3) is 0 Å². The monoisotopic (exact) mass is 158 g/mol. The molecule has 0 aliphatic heterocycles. The van der Waals surface area contributed by atoms with Gasteiger partial charge in [-0.15, -0.1) is 0 Å². The molecule has 1 aromatic rings. The Hall–Kier alpha value is -1.29. The van der Waals surface area contributed by atoms with Crippen molar-refractivity contribution in [1.82, 2.24) is 0 Å². The van der Waals surface area contributed by atoms with Crippen LogP contribution < -0.4 is 5.34 Å². The highest BCUT2D eigenvalue weighted by Crippen LogP contribution is 1.95. The highest BCUT2D eigenvalue weighted by atomic mass is 19.4. The lowest BCUT2D eigenvalue weighted by molar-refractivity contribution is -1.09. The van der Waals surface area contributed by atoms with Crippen LogP contribution in [-0.2, 0) is 0 Å². The van der Waals surface area contributed by atoms with Gasteiger partial charge in [-0.1, -0.05) is 18.2 Å². The van der Waals surface area contributed by atoms with E-state index in [1.54, 1.807) is 6.07 Å². The third-order valence-electron chi connectivity index (χ3n) is 1.21. The molecule has 2 nitrogen and oxygen atoms in total. The summed E-state index contributed by atoms with van der Waals surface area (Å²) in [6.07, 6.45) is 0. The summed E-state index contributed by atoms with van der Waals surface area (Å²) >= 11 is 0. The van der Waals surface area contributed by atoms with E-state index in [-0.39, 0.29) is 5.56 Å². The molecule has 0 spiro atoms. The lowest BCUT2D eigenvalue weighted by Crippen LogP contribution is -2.99. The zero-order valence-corrected chi connectivity index (χ0v) is 5.55.